The number of thiazole rings is 1. The van der Waals surface area contributed by atoms with Crippen molar-refractivity contribution in [2.24, 2.45) is 0 Å². The van der Waals surface area contributed by atoms with E-state index in [4.69, 9.17) is 5.26 Å². The van der Waals surface area contributed by atoms with Gasteiger partial charge in [0.15, 0.2) is 0 Å². The van der Waals surface area contributed by atoms with E-state index >= 15 is 0 Å². The van der Waals surface area contributed by atoms with E-state index in [0.717, 1.165) is 9.01 Å². The number of para-hydroxylation sites is 1. The molecule has 2 aromatic carbocycles. The number of anilines is 1. The average molecular weight is 415 g/mol. The van der Waals surface area contributed by atoms with Gasteiger partial charge in [-0.25, -0.2) is 17.7 Å². The van der Waals surface area contributed by atoms with Gasteiger partial charge in [0.1, 0.15) is 6.54 Å². The van der Waals surface area contributed by atoms with Gasteiger partial charge < -0.3 is 4.90 Å². The van der Waals surface area contributed by atoms with Gasteiger partial charge in [0, 0.05) is 13.6 Å². The van der Waals surface area contributed by atoms with Crippen LogP contribution in [0.5, 0.6) is 0 Å². The molecule has 3 rings (SSSR count). The molecule has 1 aromatic heterocycles. The van der Waals surface area contributed by atoms with Gasteiger partial charge in [-0.3, -0.25) is 4.79 Å². The lowest BCUT2D eigenvalue weighted by atomic mass is 10.3. The number of amides is 1. The van der Waals surface area contributed by atoms with Gasteiger partial charge in [-0.15, -0.1) is 0 Å². The van der Waals surface area contributed by atoms with Crippen molar-refractivity contribution in [3.05, 3.63) is 54.6 Å². The summed E-state index contributed by atoms with van der Waals surface area (Å²) in [4.78, 5) is 18.5. The number of carbonyl (C=O) groups excluding carboxylic acids is 1. The zero-order valence-corrected chi connectivity index (χ0v) is 16.8. The maximum Gasteiger partial charge on any atom is 0.266 e. The Balaban J connectivity index is 2.01. The highest BCUT2D eigenvalue weighted by atomic mass is 32.2. The molecule has 9 heteroatoms. The molecule has 1 amide bonds. The van der Waals surface area contributed by atoms with E-state index in [2.05, 4.69) is 4.98 Å². The molecule has 0 bridgehead atoms. The van der Waals surface area contributed by atoms with Crippen molar-refractivity contribution in [3.8, 4) is 6.07 Å². The van der Waals surface area contributed by atoms with Crippen LogP contribution < -0.4 is 4.31 Å². The lowest BCUT2D eigenvalue weighted by molar-refractivity contribution is -0.128. The van der Waals surface area contributed by atoms with Crippen molar-refractivity contribution in [3.63, 3.8) is 0 Å². The Bertz CT molecular complexity index is 1090. The molecule has 0 radical (unpaired) electrons. The largest absolute Gasteiger partial charge is 0.343 e. The van der Waals surface area contributed by atoms with E-state index in [-0.39, 0.29) is 29.5 Å². The predicted octanol–water partition coefficient (Wildman–Crippen LogP) is 2.86. The van der Waals surface area contributed by atoms with Gasteiger partial charge in [-0.2, -0.15) is 5.26 Å². The normalized spacial score (nSPS) is 11.1. The zero-order valence-electron chi connectivity index (χ0n) is 15.1. The highest BCUT2D eigenvalue weighted by Gasteiger charge is 2.30. The predicted molar refractivity (Wildman–Crippen MR) is 108 cm³/mol. The smallest absolute Gasteiger partial charge is 0.266 e. The quantitative estimate of drug-likeness (QED) is 0.592. The molecule has 0 unspecified atom stereocenters. The summed E-state index contributed by atoms with van der Waals surface area (Å²) < 4.78 is 28.4. The Morgan fingerprint density at radius 2 is 1.82 bits per heavy atom. The Hall–Kier alpha value is -2.96. The number of rotatable bonds is 7. The highest BCUT2D eigenvalue weighted by molar-refractivity contribution is 7.93. The number of benzene rings is 2. The summed E-state index contributed by atoms with van der Waals surface area (Å²) in [6.45, 7) is -0.159. The van der Waals surface area contributed by atoms with E-state index in [1.54, 1.807) is 31.3 Å². The molecule has 0 aliphatic heterocycles. The Labute approximate surface area is 167 Å². The summed E-state index contributed by atoms with van der Waals surface area (Å²) in [6.07, 6.45) is 0.175. The number of hydrogen-bond acceptors (Lipinski definition) is 6. The third kappa shape index (κ3) is 4.13. The van der Waals surface area contributed by atoms with Crippen LogP contribution in [-0.4, -0.2) is 44.3 Å². The van der Waals surface area contributed by atoms with Crippen LogP contribution in [0.1, 0.15) is 6.42 Å². The molecule has 0 fully saturated rings. The third-order valence-electron chi connectivity index (χ3n) is 4.09. The van der Waals surface area contributed by atoms with Crippen molar-refractivity contribution in [1.82, 2.24) is 9.88 Å². The van der Waals surface area contributed by atoms with Crippen molar-refractivity contribution in [2.75, 3.05) is 24.4 Å². The first-order valence-corrected chi connectivity index (χ1v) is 10.7. The van der Waals surface area contributed by atoms with Gasteiger partial charge in [0.2, 0.25) is 11.0 Å². The monoisotopic (exact) mass is 414 g/mol. The second-order valence-electron chi connectivity index (χ2n) is 6.01. The van der Waals surface area contributed by atoms with E-state index in [1.165, 1.54) is 28.4 Å². The molecule has 0 atom stereocenters. The first-order valence-electron chi connectivity index (χ1n) is 8.48. The summed E-state index contributed by atoms with van der Waals surface area (Å²) in [5.41, 5.74) is 0.668. The first-order chi connectivity index (χ1) is 13.4. The number of nitriles is 1. The Morgan fingerprint density at radius 3 is 2.50 bits per heavy atom. The molecule has 0 saturated carbocycles. The first kappa shape index (κ1) is 19.8. The Morgan fingerprint density at radius 1 is 1.14 bits per heavy atom. The minimum Gasteiger partial charge on any atom is -0.343 e. The minimum atomic E-state index is -3.98. The SMILES string of the molecule is CN(CCC#N)C(=O)CN(c1nc2ccccc2s1)S(=O)(=O)c1ccccc1. The number of hydrogen-bond donors (Lipinski definition) is 0. The van der Waals surface area contributed by atoms with Gasteiger partial charge in [0.05, 0.1) is 27.6 Å². The molecule has 3 aromatic rings. The molecular weight excluding hydrogens is 396 g/mol. The van der Waals surface area contributed by atoms with Crippen molar-refractivity contribution in [1.29, 1.82) is 5.26 Å². The van der Waals surface area contributed by atoms with E-state index in [1.807, 2.05) is 24.3 Å². The standard InChI is InChI=1S/C19H18N4O3S2/c1-22(13-7-12-20)18(24)14-23(28(25,26)15-8-3-2-4-9-15)19-21-16-10-5-6-11-17(16)27-19/h2-6,8-11H,7,13-14H2,1H3. The summed E-state index contributed by atoms with van der Waals surface area (Å²) in [5, 5.41) is 8.94. The van der Waals surface area contributed by atoms with Crippen LogP contribution >= 0.6 is 11.3 Å². The minimum absolute atomic E-state index is 0.0849. The highest BCUT2D eigenvalue weighted by Crippen LogP contribution is 2.32. The lowest BCUT2D eigenvalue weighted by Gasteiger charge is -2.24. The number of fused-ring (bicyclic) bond motifs is 1. The van der Waals surface area contributed by atoms with Crippen LogP contribution in [0.3, 0.4) is 0 Å². The average Bonchev–Trinajstić information content (AvgIpc) is 3.14. The number of nitrogens with zero attached hydrogens (tertiary/aromatic N) is 4. The van der Waals surface area contributed by atoms with Crippen LogP contribution in [0.15, 0.2) is 59.5 Å². The summed E-state index contributed by atoms with van der Waals surface area (Å²) in [7, 11) is -2.44. The third-order valence-corrected chi connectivity index (χ3v) is 7.02. The topological polar surface area (TPSA) is 94.4 Å². The summed E-state index contributed by atoms with van der Waals surface area (Å²) >= 11 is 1.21. The van der Waals surface area contributed by atoms with Gasteiger partial charge in [-0.05, 0) is 24.3 Å². The molecule has 0 N–H and O–H groups in total. The number of sulfonamides is 1. The second-order valence-corrected chi connectivity index (χ2v) is 8.88. The van der Waals surface area contributed by atoms with E-state index in [0.29, 0.717) is 5.52 Å². The molecule has 28 heavy (non-hydrogen) atoms. The zero-order chi connectivity index (χ0) is 20.1. The maximum atomic E-state index is 13.3. The van der Waals surface area contributed by atoms with Gasteiger partial charge in [-0.1, -0.05) is 41.7 Å². The second kappa shape index (κ2) is 8.37. The number of aromatic nitrogens is 1. The van der Waals surface area contributed by atoms with Gasteiger partial charge in [0.25, 0.3) is 10.0 Å². The molecule has 0 aliphatic carbocycles. The van der Waals surface area contributed by atoms with E-state index < -0.39 is 15.9 Å². The molecule has 0 aliphatic rings. The Kier molecular flexibility index (Phi) is 5.92. The number of likely N-dealkylation sites (N-methyl/N-ethyl adjacent to an activating group) is 1. The number of carbonyl (C=O) groups is 1. The molecule has 0 saturated heterocycles. The fourth-order valence-corrected chi connectivity index (χ4v) is 5.09. The van der Waals surface area contributed by atoms with Crippen LogP contribution in [0.4, 0.5) is 5.13 Å². The van der Waals surface area contributed by atoms with Crippen molar-refractivity contribution >= 4 is 42.6 Å². The van der Waals surface area contributed by atoms with Crippen LogP contribution in [0.2, 0.25) is 0 Å². The fourth-order valence-electron chi connectivity index (χ4n) is 2.53. The van der Waals surface area contributed by atoms with Crippen molar-refractivity contribution < 1.29 is 13.2 Å². The van der Waals surface area contributed by atoms with Crippen molar-refractivity contribution in [2.45, 2.75) is 11.3 Å². The lowest BCUT2D eigenvalue weighted by Crippen LogP contribution is -2.41. The van der Waals surface area contributed by atoms with Crippen LogP contribution in [-0.2, 0) is 14.8 Å². The maximum absolute atomic E-state index is 13.3. The van der Waals surface area contributed by atoms with E-state index in [9.17, 15) is 13.2 Å². The molecule has 0 spiro atoms. The summed E-state index contributed by atoms with van der Waals surface area (Å²) in [6, 6.07) is 17.2. The molecule has 144 valence electrons. The van der Waals surface area contributed by atoms with Gasteiger partial charge >= 0.3 is 0 Å². The fraction of sp³-hybridized carbons (Fsp3) is 0.211. The molecule has 7 nitrogen and oxygen atoms in total. The molecular formula is C19H18N4O3S2. The summed E-state index contributed by atoms with van der Waals surface area (Å²) in [5.74, 6) is -0.408. The molecule has 1 heterocycles. The van der Waals surface area contributed by atoms with Crippen LogP contribution in [0.25, 0.3) is 10.2 Å². The van der Waals surface area contributed by atoms with Crippen LogP contribution in [0, 0.1) is 11.3 Å².